The van der Waals surface area contributed by atoms with Gasteiger partial charge in [-0.3, -0.25) is 9.89 Å². The van der Waals surface area contributed by atoms with Gasteiger partial charge in [0.05, 0.1) is 13.2 Å². The summed E-state index contributed by atoms with van der Waals surface area (Å²) in [5.41, 5.74) is 3.81. The third-order valence-corrected chi connectivity index (χ3v) is 5.48. The fraction of sp³-hybridized carbons (Fsp3) is 0.435. The molecule has 0 atom stereocenters. The average Bonchev–Trinajstić information content (AvgIpc) is 3.20. The molecule has 0 saturated carbocycles. The van der Waals surface area contributed by atoms with Gasteiger partial charge in [0.2, 0.25) is 0 Å². The number of rotatable bonds is 6. The molecule has 2 heterocycles. The predicted molar refractivity (Wildman–Crippen MR) is 117 cm³/mol. The summed E-state index contributed by atoms with van der Waals surface area (Å²) >= 11 is 0. The summed E-state index contributed by atoms with van der Waals surface area (Å²) in [6.45, 7) is 6.94. The van der Waals surface area contributed by atoms with E-state index in [1.807, 2.05) is 13.1 Å². The number of guanidine groups is 1. The maximum Gasteiger partial charge on any atom is 0.198 e. The average molecular weight is 395 g/mol. The lowest BCUT2D eigenvalue weighted by atomic mass is 10.2. The highest BCUT2D eigenvalue weighted by Crippen LogP contribution is 2.27. The number of anilines is 1. The summed E-state index contributed by atoms with van der Waals surface area (Å²) in [5, 5.41) is 3.50. The summed E-state index contributed by atoms with van der Waals surface area (Å²) < 4.78 is 11.4. The van der Waals surface area contributed by atoms with E-state index in [1.165, 1.54) is 16.8 Å². The Morgan fingerprint density at radius 2 is 1.97 bits per heavy atom. The Bertz CT molecular complexity index is 833. The van der Waals surface area contributed by atoms with Crippen molar-refractivity contribution in [1.29, 1.82) is 0 Å². The molecule has 0 amide bonds. The first-order chi connectivity index (χ1) is 14.3. The second-order valence-electron chi connectivity index (χ2n) is 7.38. The molecule has 1 N–H and O–H groups in total. The smallest absolute Gasteiger partial charge is 0.198 e. The molecule has 1 fully saturated rings. The number of ether oxygens (including phenoxy) is 2. The normalized spacial score (nSPS) is 17.3. The highest BCUT2D eigenvalue weighted by atomic mass is 16.5. The zero-order valence-electron chi connectivity index (χ0n) is 17.1. The first-order valence-electron chi connectivity index (χ1n) is 10.4. The molecule has 2 aliphatic heterocycles. The van der Waals surface area contributed by atoms with Crippen LogP contribution in [0.4, 0.5) is 5.69 Å². The molecule has 4 rings (SSSR count). The van der Waals surface area contributed by atoms with Crippen molar-refractivity contribution in [2.24, 2.45) is 4.99 Å². The van der Waals surface area contributed by atoms with E-state index in [4.69, 9.17) is 9.47 Å². The fourth-order valence-electron chi connectivity index (χ4n) is 3.90. The Morgan fingerprint density at radius 1 is 1.10 bits per heavy atom. The van der Waals surface area contributed by atoms with Crippen LogP contribution < -0.4 is 15.0 Å². The van der Waals surface area contributed by atoms with Gasteiger partial charge in [0.25, 0.3) is 0 Å². The van der Waals surface area contributed by atoms with E-state index in [1.54, 1.807) is 0 Å². The Labute approximate surface area is 173 Å². The number of benzene rings is 2. The first kappa shape index (κ1) is 19.7. The van der Waals surface area contributed by atoms with Gasteiger partial charge >= 0.3 is 0 Å². The van der Waals surface area contributed by atoms with Crippen molar-refractivity contribution in [2.75, 3.05) is 57.9 Å². The van der Waals surface area contributed by atoms with E-state index in [-0.39, 0.29) is 0 Å². The van der Waals surface area contributed by atoms with Crippen LogP contribution in [0, 0.1) is 0 Å². The second-order valence-corrected chi connectivity index (χ2v) is 7.38. The molecule has 29 heavy (non-hydrogen) atoms. The Hall–Kier alpha value is -2.57. The van der Waals surface area contributed by atoms with Crippen LogP contribution in [0.1, 0.15) is 11.1 Å². The number of hydrogen-bond donors (Lipinski definition) is 1. The fourth-order valence-corrected chi connectivity index (χ4v) is 3.90. The Morgan fingerprint density at radius 3 is 2.83 bits per heavy atom. The summed E-state index contributed by atoms with van der Waals surface area (Å²) in [6.07, 6.45) is 1.06. The van der Waals surface area contributed by atoms with Crippen molar-refractivity contribution in [3.8, 4) is 5.75 Å². The number of para-hydroxylation sites is 1. The number of morpholine rings is 1. The standard InChI is InChI=1S/C23H30N4O2/c1-24-23(27-10-9-20-6-2-3-8-22(20)27)25-18-19-5-4-7-21(17-19)29-16-13-26-11-14-28-15-12-26/h2-8,17H,9-16,18H2,1H3,(H,24,25). The maximum atomic E-state index is 5.98. The first-order valence-corrected chi connectivity index (χ1v) is 10.4. The molecule has 1 saturated heterocycles. The molecule has 6 heteroatoms. The highest BCUT2D eigenvalue weighted by molar-refractivity contribution is 5.97. The van der Waals surface area contributed by atoms with Crippen LogP contribution in [-0.2, 0) is 17.7 Å². The molecule has 0 bridgehead atoms. The topological polar surface area (TPSA) is 49.3 Å². The van der Waals surface area contributed by atoms with Crippen molar-refractivity contribution in [3.05, 3.63) is 59.7 Å². The molecule has 2 aromatic carbocycles. The minimum Gasteiger partial charge on any atom is -0.492 e. The molecule has 0 aromatic heterocycles. The quantitative estimate of drug-likeness (QED) is 0.603. The van der Waals surface area contributed by atoms with Crippen LogP contribution in [-0.4, -0.2) is 63.9 Å². The van der Waals surface area contributed by atoms with Gasteiger partial charge in [-0.25, -0.2) is 0 Å². The van der Waals surface area contributed by atoms with Gasteiger partial charge in [-0.2, -0.15) is 0 Å². The van der Waals surface area contributed by atoms with E-state index in [9.17, 15) is 0 Å². The summed E-state index contributed by atoms with van der Waals surface area (Å²) in [6, 6.07) is 16.8. The minimum absolute atomic E-state index is 0.698. The van der Waals surface area contributed by atoms with Gasteiger partial charge in [0.15, 0.2) is 5.96 Å². The van der Waals surface area contributed by atoms with Crippen LogP contribution in [0.5, 0.6) is 5.75 Å². The number of aliphatic imine (C=N–C) groups is 1. The van der Waals surface area contributed by atoms with E-state index < -0.39 is 0 Å². The molecular formula is C23H30N4O2. The zero-order valence-corrected chi connectivity index (χ0v) is 17.1. The van der Waals surface area contributed by atoms with E-state index in [0.29, 0.717) is 13.2 Å². The van der Waals surface area contributed by atoms with Crippen molar-refractivity contribution >= 4 is 11.6 Å². The van der Waals surface area contributed by atoms with Crippen LogP contribution in [0.2, 0.25) is 0 Å². The van der Waals surface area contributed by atoms with Crippen LogP contribution in [0.3, 0.4) is 0 Å². The third kappa shape index (κ3) is 5.08. The van der Waals surface area contributed by atoms with Crippen LogP contribution >= 0.6 is 0 Å². The maximum absolute atomic E-state index is 5.98. The van der Waals surface area contributed by atoms with Gasteiger partial charge < -0.3 is 19.7 Å². The van der Waals surface area contributed by atoms with E-state index in [2.05, 4.69) is 62.6 Å². The summed E-state index contributed by atoms with van der Waals surface area (Å²) in [4.78, 5) is 9.14. The van der Waals surface area contributed by atoms with Crippen molar-refractivity contribution < 1.29 is 9.47 Å². The van der Waals surface area contributed by atoms with Crippen LogP contribution in [0.25, 0.3) is 0 Å². The van der Waals surface area contributed by atoms with Crippen molar-refractivity contribution in [2.45, 2.75) is 13.0 Å². The molecule has 154 valence electrons. The number of nitrogens with one attached hydrogen (secondary N) is 1. The van der Waals surface area contributed by atoms with E-state index >= 15 is 0 Å². The molecular weight excluding hydrogens is 364 g/mol. The monoisotopic (exact) mass is 394 g/mol. The molecule has 0 unspecified atom stereocenters. The van der Waals surface area contributed by atoms with Crippen molar-refractivity contribution in [3.63, 3.8) is 0 Å². The number of hydrogen-bond acceptors (Lipinski definition) is 4. The summed E-state index contributed by atoms with van der Waals surface area (Å²) in [5.74, 6) is 1.83. The second kappa shape index (κ2) is 9.76. The van der Waals surface area contributed by atoms with Gasteiger partial charge in [-0.1, -0.05) is 30.3 Å². The van der Waals surface area contributed by atoms with Gasteiger partial charge in [0, 0.05) is 45.5 Å². The number of fused-ring (bicyclic) bond motifs is 1. The SMILES string of the molecule is CN=C(NCc1cccc(OCCN2CCOCC2)c1)N1CCc2ccccc21. The minimum atomic E-state index is 0.698. The lowest BCUT2D eigenvalue weighted by Gasteiger charge is -2.26. The molecule has 0 spiro atoms. The molecule has 0 aliphatic carbocycles. The third-order valence-electron chi connectivity index (χ3n) is 5.48. The molecule has 6 nitrogen and oxygen atoms in total. The predicted octanol–water partition coefficient (Wildman–Crippen LogP) is 2.54. The van der Waals surface area contributed by atoms with Crippen LogP contribution in [0.15, 0.2) is 53.5 Å². The number of nitrogens with zero attached hydrogens (tertiary/aromatic N) is 3. The van der Waals surface area contributed by atoms with Gasteiger partial charge in [0.1, 0.15) is 12.4 Å². The molecule has 0 radical (unpaired) electrons. The largest absolute Gasteiger partial charge is 0.492 e. The van der Waals surface area contributed by atoms with Gasteiger partial charge in [-0.15, -0.1) is 0 Å². The molecule has 2 aliphatic rings. The van der Waals surface area contributed by atoms with E-state index in [0.717, 1.165) is 57.5 Å². The van der Waals surface area contributed by atoms with Gasteiger partial charge in [-0.05, 0) is 35.7 Å². The van der Waals surface area contributed by atoms with Crippen molar-refractivity contribution in [1.82, 2.24) is 10.2 Å². The lowest BCUT2D eigenvalue weighted by molar-refractivity contribution is 0.0322. The summed E-state index contributed by atoms with van der Waals surface area (Å²) in [7, 11) is 1.84. The zero-order chi connectivity index (χ0) is 19.9. The molecule has 2 aromatic rings. The Balaban J connectivity index is 1.30. The lowest BCUT2D eigenvalue weighted by Crippen LogP contribution is -2.40. The Kier molecular flexibility index (Phi) is 6.64. The highest BCUT2D eigenvalue weighted by Gasteiger charge is 2.22.